The zero-order valence-electron chi connectivity index (χ0n) is 23.7. The van der Waals surface area contributed by atoms with Crippen LogP contribution in [0.2, 0.25) is 0 Å². The highest BCUT2D eigenvalue weighted by Crippen LogP contribution is 2.62. The van der Waals surface area contributed by atoms with E-state index in [1.807, 2.05) is 0 Å². The predicted octanol–water partition coefficient (Wildman–Crippen LogP) is 3.29. The second-order valence-electron chi connectivity index (χ2n) is 10.8. The number of hydrogen-bond donors (Lipinski definition) is 1. The van der Waals surface area contributed by atoms with Crippen molar-refractivity contribution in [3.05, 3.63) is 76.3 Å². The van der Waals surface area contributed by atoms with E-state index in [2.05, 4.69) is 0 Å². The van der Waals surface area contributed by atoms with Crippen LogP contribution in [0, 0.1) is 5.92 Å². The smallest absolute Gasteiger partial charge is 0.338 e. The summed E-state index contributed by atoms with van der Waals surface area (Å²) in [5.41, 5.74) is -2.39. The Bertz CT molecular complexity index is 1550. The van der Waals surface area contributed by atoms with E-state index in [-0.39, 0.29) is 47.6 Å². The van der Waals surface area contributed by atoms with Gasteiger partial charge in [0.25, 0.3) is 0 Å². The highest BCUT2D eigenvalue weighted by molar-refractivity contribution is 6.09. The number of fused-ring (bicyclic) bond motifs is 2. The fourth-order valence-electron chi connectivity index (χ4n) is 6.31. The molecule has 4 aliphatic rings. The first-order valence-electron chi connectivity index (χ1n) is 13.4. The molecule has 5 atom stereocenters. The molecule has 0 unspecified atom stereocenters. The lowest BCUT2D eigenvalue weighted by molar-refractivity contribution is -0.164. The Labute approximate surface area is 241 Å². The number of rotatable bonds is 5. The number of benzene rings is 2. The molecule has 0 bridgehead atoms. The average molecular weight is 579 g/mol. The second-order valence-corrected chi connectivity index (χ2v) is 10.8. The normalized spacial score (nSPS) is 28.9. The molecule has 2 aromatic rings. The molecule has 11 heteroatoms. The number of ether oxygens (including phenoxy) is 7. The number of aliphatic hydroxyl groups is 1. The number of methoxy groups -OCH3 is 2. The van der Waals surface area contributed by atoms with Crippen LogP contribution < -0.4 is 14.2 Å². The molecule has 1 N–H and O–H groups in total. The minimum Gasteiger partial charge on any atom is -0.493 e. The Morgan fingerprint density at radius 2 is 1.76 bits per heavy atom. The van der Waals surface area contributed by atoms with Crippen LogP contribution in [0.25, 0.3) is 0 Å². The SMILES string of the molecule is COC1=C(OC)C(=O)[C@]23COc4c5c(cc(c42)[C@H](OC(C)=O)[C@H](C)[C@](C)(O)[C@@H](OC(=O)c2ccccc2)C3=C1)OCO5. The van der Waals surface area contributed by atoms with Crippen LogP contribution in [0.15, 0.2) is 59.6 Å². The molecule has 1 spiro atoms. The minimum absolute atomic E-state index is 0.0835. The van der Waals surface area contributed by atoms with Crippen LogP contribution in [0.5, 0.6) is 17.2 Å². The van der Waals surface area contributed by atoms with E-state index < -0.39 is 46.9 Å². The highest BCUT2D eigenvalue weighted by atomic mass is 16.7. The molecule has 2 aliphatic carbocycles. The molecule has 0 fully saturated rings. The van der Waals surface area contributed by atoms with Gasteiger partial charge in [-0.2, -0.15) is 0 Å². The van der Waals surface area contributed by atoms with E-state index in [1.54, 1.807) is 49.4 Å². The van der Waals surface area contributed by atoms with Gasteiger partial charge in [-0.1, -0.05) is 25.1 Å². The Morgan fingerprint density at radius 1 is 1.02 bits per heavy atom. The summed E-state index contributed by atoms with van der Waals surface area (Å²) in [5, 5.41) is 12.3. The van der Waals surface area contributed by atoms with E-state index in [0.717, 1.165) is 0 Å². The first-order chi connectivity index (χ1) is 20.1. The third-order valence-electron chi connectivity index (χ3n) is 8.55. The van der Waals surface area contributed by atoms with Crippen molar-refractivity contribution in [3.63, 3.8) is 0 Å². The number of esters is 2. The molecular weight excluding hydrogens is 548 g/mol. The van der Waals surface area contributed by atoms with E-state index in [4.69, 9.17) is 33.2 Å². The maximum Gasteiger partial charge on any atom is 0.338 e. The number of ketones is 1. The van der Waals surface area contributed by atoms with Gasteiger partial charge in [0.2, 0.25) is 24.1 Å². The van der Waals surface area contributed by atoms with Crippen molar-refractivity contribution < 1.29 is 52.6 Å². The van der Waals surface area contributed by atoms with Crippen molar-refractivity contribution in [1.29, 1.82) is 0 Å². The molecule has 2 aromatic carbocycles. The summed E-state index contributed by atoms with van der Waals surface area (Å²) in [6.07, 6.45) is -0.993. The monoisotopic (exact) mass is 578 g/mol. The molecule has 0 radical (unpaired) electrons. The molecule has 0 saturated carbocycles. The quantitative estimate of drug-likeness (QED) is 0.524. The molecule has 220 valence electrons. The lowest BCUT2D eigenvalue weighted by atomic mass is 9.59. The van der Waals surface area contributed by atoms with Crippen molar-refractivity contribution in [1.82, 2.24) is 0 Å². The molecule has 0 amide bonds. The van der Waals surface area contributed by atoms with Gasteiger partial charge in [0.15, 0.2) is 23.4 Å². The molecular formula is C31H30O11. The van der Waals surface area contributed by atoms with Crippen LogP contribution in [-0.2, 0) is 34.0 Å². The van der Waals surface area contributed by atoms with E-state index in [9.17, 15) is 19.5 Å². The third-order valence-corrected chi connectivity index (χ3v) is 8.55. The number of carbonyl (C=O) groups excluding carboxylic acids is 3. The summed E-state index contributed by atoms with van der Waals surface area (Å²) in [6, 6.07) is 9.93. The zero-order valence-corrected chi connectivity index (χ0v) is 23.7. The Morgan fingerprint density at radius 3 is 2.43 bits per heavy atom. The van der Waals surface area contributed by atoms with Crippen molar-refractivity contribution in [2.75, 3.05) is 27.6 Å². The van der Waals surface area contributed by atoms with Gasteiger partial charge in [-0.3, -0.25) is 9.59 Å². The summed E-state index contributed by atoms with van der Waals surface area (Å²) in [6.45, 7) is 4.07. The summed E-state index contributed by atoms with van der Waals surface area (Å²) in [7, 11) is 2.72. The van der Waals surface area contributed by atoms with Gasteiger partial charge in [0.05, 0.1) is 19.8 Å². The predicted molar refractivity (Wildman–Crippen MR) is 144 cm³/mol. The summed E-state index contributed by atoms with van der Waals surface area (Å²) < 4.78 is 40.6. The van der Waals surface area contributed by atoms with Gasteiger partial charge < -0.3 is 38.3 Å². The highest BCUT2D eigenvalue weighted by Gasteiger charge is 2.64. The molecule has 11 nitrogen and oxygen atoms in total. The largest absolute Gasteiger partial charge is 0.493 e. The van der Waals surface area contributed by atoms with Gasteiger partial charge in [0.1, 0.15) is 23.7 Å². The summed E-state index contributed by atoms with van der Waals surface area (Å²) >= 11 is 0. The third kappa shape index (κ3) is 3.79. The van der Waals surface area contributed by atoms with E-state index in [0.29, 0.717) is 16.9 Å². The van der Waals surface area contributed by atoms with Crippen LogP contribution >= 0.6 is 0 Å². The summed E-state index contributed by atoms with van der Waals surface area (Å²) in [5.74, 6) is -1.93. The number of carbonyl (C=O) groups is 3. The lowest BCUT2D eigenvalue weighted by Crippen LogP contribution is -2.58. The average Bonchev–Trinajstić information content (AvgIpc) is 3.61. The maximum absolute atomic E-state index is 14.6. The fraction of sp³-hybridized carbons (Fsp3) is 0.387. The van der Waals surface area contributed by atoms with Crippen molar-refractivity contribution in [3.8, 4) is 17.2 Å². The van der Waals surface area contributed by atoms with Crippen molar-refractivity contribution in [2.24, 2.45) is 5.92 Å². The van der Waals surface area contributed by atoms with E-state index >= 15 is 0 Å². The zero-order chi connectivity index (χ0) is 30.0. The van der Waals surface area contributed by atoms with Crippen molar-refractivity contribution in [2.45, 2.75) is 44.0 Å². The van der Waals surface area contributed by atoms with Crippen LogP contribution in [0.1, 0.15) is 48.4 Å². The maximum atomic E-state index is 14.6. The van der Waals surface area contributed by atoms with Crippen LogP contribution in [-0.4, -0.2) is 62.2 Å². The number of hydrogen-bond acceptors (Lipinski definition) is 11. The Balaban J connectivity index is 1.68. The molecule has 0 aromatic heterocycles. The molecule has 6 rings (SSSR count). The fourth-order valence-corrected chi connectivity index (χ4v) is 6.31. The topological polar surface area (TPSA) is 136 Å². The van der Waals surface area contributed by atoms with Gasteiger partial charge in [0, 0.05) is 24.0 Å². The van der Waals surface area contributed by atoms with E-state index in [1.165, 1.54) is 28.1 Å². The van der Waals surface area contributed by atoms with Gasteiger partial charge in [-0.25, -0.2) is 4.79 Å². The Kier molecular flexibility index (Phi) is 6.45. The van der Waals surface area contributed by atoms with Crippen LogP contribution in [0.4, 0.5) is 0 Å². The molecule has 2 aliphatic heterocycles. The minimum atomic E-state index is -1.90. The van der Waals surface area contributed by atoms with Gasteiger partial charge in [-0.15, -0.1) is 0 Å². The number of Topliss-reactive ketones (excluding diaryl/α,β-unsaturated/α-hetero) is 1. The van der Waals surface area contributed by atoms with Crippen LogP contribution in [0.3, 0.4) is 0 Å². The first-order valence-corrected chi connectivity index (χ1v) is 13.4. The van der Waals surface area contributed by atoms with Gasteiger partial charge in [-0.05, 0) is 36.8 Å². The lowest BCUT2D eigenvalue weighted by Gasteiger charge is -2.48. The van der Waals surface area contributed by atoms with Crippen molar-refractivity contribution >= 4 is 17.7 Å². The summed E-state index contributed by atoms with van der Waals surface area (Å²) in [4.78, 5) is 40.6. The molecule has 2 heterocycles. The standard InChI is InChI=1S/C31H30O11/c1-15-23(41-16(2)32)18-11-21-24(40-14-39-21)26-22(18)31(13-38-26)19(12-20(36-4)25(37-5)27(31)33)28(30(15,3)35)42-29(34)17-9-7-6-8-10-17/h6-12,15,23,28,35H,13-14H2,1-5H3/t15-,23+,28-,30-,31-/m0/s1. The Hall–Kier alpha value is -4.51. The van der Waals surface area contributed by atoms with Gasteiger partial charge >= 0.3 is 11.9 Å². The molecule has 0 saturated heterocycles. The second kappa shape index (κ2) is 9.80. The molecule has 42 heavy (non-hydrogen) atoms. The first kappa shape index (κ1) is 27.6. The number of allylic oxidation sites excluding steroid dienone is 2.